The standard InChI is InChI=1S/C13H19N5O2/c1-9-8-10-11(14-9)15-13(16-12(10)17(2)19-3)18-4-6-20-7-5-18/h8H,4-7H2,1-3H3,(H,14,15,16). The maximum absolute atomic E-state index is 5.37. The van der Waals surface area contributed by atoms with Crippen LogP contribution in [0.15, 0.2) is 6.07 Å². The maximum atomic E-state index is 5.37. The van der Waals surface area contributed by atoms with Crippen LogP contribution in [0.4, 0.5) is 11.8 Å². The Morgan fingerprint density at radius 1 is 1.35 bits per heavy atom. The number of aromatic amines is 1. The molecule has 0 radical (unpaired) electrons. The molecule has 108 valence electrons. The lowest BCUT2D eigenvalue weighted by Crippen LogP contribution is -2.37. The van der Waals surface area contributed by atoms with Crippen molar-refractivity contribution in [2.75, 3.05) is 50.4 Å². The highest BCUT2D eigenvalue weighted by molar-refractivity contribution is 5.89. The van der Waals surface area contributed by atoms with Gasteiger partial charge in [-0.05, 0) is 13.0 Å². The Morgan fingerprint density at radius 3 is 2.80 bits per heavy atom. The number of ether oxygens (including phenoxy) is 1. The molecular weight excluding hydrogens is 258 g/mol. The first-order valence-electron chi connectivity index (χ1n) is 6.67. The number of hydroxylamine groups is 1. The maximum Gasteiger partial charge on any atom is 0.229 e. The molecular formula is C13H19N5O2. The SMILES string of the molecule is CON(C)c1nc(N2CCOCC2)nc2[nH]c(C)cc12. The van der Waals surface area contributed by atoms with Crippen molar-refractivity contribution in [2.45, 2.75) is 6.92 Å². The average Bonchev–Trinajstić information content (AvgIpc) is 2.86. The Kier molecular flexibility index (Phi) is 3.45. The van der Waals surface area contributed by atoms with E-state index >= 15 is 0 Å². The number of hydrogen-bond acceptors (Lipinski definition) is 6. The number of fused-ring (bicyclic) bond motifs is 1. The first-order valence-corrected chi connectivity index (χ1v) is 6.67. The van der Waals surface area contributed by atoms with Crippen molar-refractivity contribution in [3.63, 3.8) is 0 Å². The highest BCUT2D eigenvalue weighted by atomic mass is 16.7. The van der Waals surface area contributed by atoms with E-state index in [2.05, 4.69) is 19.9 Å². The largest absolute Gasteiger partial charge is 0.378 e. The highest BCUT2D eigenvalue weighted by Crippen LogP contribution is 2.26. The first-order chi connectivity index (χ1) is 9.69. The summed E-state index contributed by atoms with van der Waals surface area (Å²) in [4.78, 5) is 19.9. The summed E-state index contributed by atoms with van der Waals surface area (Å²) in [7, 11) is 3.47. The molecule has 0 atom stereocenters. The van der Waals surface area contributed by atoms with E-state index in [-0.39, 0.29) is 0 Å². The van der Waals surface area contributed by atoms with Crippen LogP contribution in [0.1, 0.15) is 5.69 Å². The molecule has 0 bridgehead atoms. The minimum Gasteiger partial charge on any atom is -0.378 e. The van der Waals surface area contributed by atoms with Crippen LogP contribution >= 0.6 is 0 Å². The number of anilines is 2. The molecule has 1 fully saturated rings. The van der Waals surface area contributed by atoms with Gasteiger partial charge in [-0.1, -0.05) is 0 Å². The third kappa shape index (κ3) is 2.30. The molecule has 3 heterocycles. The van der Waals surface area contributed by atoms with Crippen LogP contribution in [0.5, 0.6) is 0 Å². The molecule has 0 aromatic carbocycles. The van der Waals surface area contributed by atoms with Crippen LogP contribution < -0.4 is 9.96 Å². The quantitative estimate of drug-likeness (QED) is 0.848. The molecule has 1 saturated heterocycles. The van der Waals surface area contributed by atoms with Crippen molar-refractivity contribution in [1.29, 1.82) is 0 Å². The van der Waals surface area contributed by atoms with Crippen molar-refractivity contribution < 1.29 is 9.57 Å². The number of rotatable bonds is 3. The smallest absolute Gasteiger partial charge is 0.229 e. The second kappa shape index (κ2) is 5.26. The lowest BCUT2D eigenvalue weighted by atomic mass is 10.3. The van der Waals surface area contributed by atoms with Gasteiger partial charge in [-0.15, -0.1) is 0 Å². The lowest BCUT2D eigenvalue weighted by molar-refractivity contribution is 0.122. The summed E-state index contributed by atoms with van der Waals surface area (Å²) in [5.74, 6) is 1.48. The van der Waals surface area contributed by atoms with E-state index < -0.39 is 0 Å². The van der Waals surface area contributed by atoms with Gasteiger partial charge in [-0.2, -0.15) is 9.97 Å². The fourth-order valence-electron chi connectivity index (χ4n) is 2.34. The molecule has 20 heavy (non-hydrogen) atoms. The van der Waals surface area contributed by atoms with E-state index in [0.717, 1.165) is 35.6 Å². The molecule has 1 N–H and O–H groups in total. The third-order valence-corrected chi connectivity index (χ3v) is 3.46. The zero-order valence-corrected chi connectivity index (χ0v) is 12.0. The zero-order valence-electron chi connectivity index (χ0n) is 12.0. The van der Waals surface area contributed by atoms with Crippen LogP contribution in [0, 0.1) is 6.92 Å². The van der Waals surface area contributed by atoms with E-state index in [4.69, 9.17) is 9.57 Å². The summed E-state index contributed by atoms with van der Waals surface area (Å²) >= 11 is 0. The van der Waals surface area contributed by atoms with Crippen LogP contribution in [0.25, 0.3) is 11.0 Å². The van der Waals surface area contributed by atoms with E-state index in [9.17, 15) is 0 Å². The predicted molar refractivity (Wildman–Crippen MR) is 77.1 cm³/mol. The van der Waals surface area contributed by atoms with Gasteiger partial charge in [0, 0.05) is 25.8 Å². The third-order valence-electron chi connectivity index (χ3n) is 3.46. The normalized spacial score (nSPS) is 15.8. The van der Waals surface area contributed by atoms with Crippen molar-refractivity contribution in [2.24, 2.45) is 0 Å². The zero-order chi connectivity index (χ0) is 14.1. The number of morpholine rings is 1. The van der Waals surface area contributed by atoms with Crippen molar-refractivity contribution in [3.05, 3.63) is 11.8 Å². The Hall–Kier alpha value is -1.86. The molecule has 2 aromatic rings. The molecule has 1 aliphatic heterocycles. The minimum absolute atomic E-state index is 0.709. The van der Waals surface area contributed by atoms with E-state index in [0.29, 0.717) is 19.2 Å². The molecule has 0 spiro atoms. The summed E-state index contributed by atoms with van der Waals surface area (Å²) in [5, 5.41) is 2.62. The molecule has 7 nitrogen and oxygen atoms in total. The van der Waals surface area contributed by atoms with Gasteiger partial charge < -0.3 is 14.6 Å². The highest BCUT2D eigenvalue weighted by Gasteiger charge is 2.19. The minimum atomic E-state index is 0.709. The summed E-state index contributed by atoms with van der Waals surface area (Å²) in [6.45, 7) is 5.04. The van der Waals surface area contributed by atoms with Gasteiger partial charge in [-0.25, -0.2) is 5.06 Å². The number of nitrogens with one attached hydrogen (secondary N) is 1. The summed E-state index contributed by atoms with van der Waals surface area (Å²) < 4.78 is 5.37. The second-order valence-corrected chi connectivity index (χ2v) is 4.84. The molecule has 3 rings (SSSR count). The number of aromatic nitrogens is 3. The van der Waals surface area contributed by atoms with Gasteiger partial charge in [0.05, 0.1) is 25.7 Å². The van der Waals surface area contributed by atoms with Gasteiger partial charge in [0.2, 0.25) is 5.95 Å². The number of nitrogens with zero attached hydrogens (tertiary/aromatic N) is 4. The summed E-state index contributed by atoms with van der Waals surface area (Å²) in [5.41, 5.74) is 1.89. The molecule has 0 aliphatic carbocycles. The Morgan fingerprint density at radius 2 is 2.10 bits per heavy atom. The van der Waals surface area contributed by atoms with Crippen LogP contribution in [0.3, 0.4) is 0 Å². The van der Waals surface area contributed by atoms with Crippen molar-refractivity contribution in [3.8, 4) is 0 Å². The molecule has 0 unspecified atom stereocenters. The van der Waals surface area contributed by atoms with E-state index in [1.165, 1.54) is 0 Å². The number of hydrogen-bond donors (Lipinski definition) is 1. The molecule has 0 saturated carbocycles. The Labute approximate surface area is 117 Å². The average molecular weight is 277 g/mol. The van der Waals surface area contributed by atoms with Crippen LogP contribution in [-0.2, 0) is 9.57 Å². The van der Waals surface area contributed by atoms with Crippen LogP contribution in [-0.4, -0.2) is 55.4 Å². The van der Waals surface area contributed by atoms with Gasteiger partial charge in [0.15, 0.2) is 5.82 Å². The number of aryl methyl sites for hydroxylation is 1. The second-order valence-electron chi connectivity index (χ2n) is 4.84. The van der Waals surface area contributed by atoms with Gasteiger partial charge in [-0.3, -0.25) is 4.84 Å². The van der Waals surface area contributed by atoms with E-state index in [1.807, 2.05) is 20.0 Å². The number of H-pyrrole nitrogens is 1. The molecule has 0 amide bonds. The topological polar surface area (TPSA) is 66.5 Å². The van der Waals surface area contributed by atoms with Crippen molar-refractivity contribution in [1.82, 2.24) is 15.0 Å². The Bertz CT molecular complexity index is 606. The van der Waals surface area contributed by atoms with Gasteiger partial charge in [0.1, 0.15) is 5.65 Å². The fraction of sp³-hybridized carbons (Fsp3) is 0.538. The fourth-order valence-corrected chi connectivity index (χ4v) is 2.34. The first kappa shape index (κ1) is 13.1. The van der Waals surface area contributed by atoms with Gasteiger partial charge >= 0.3 is 0 Å². The van der Waals surface area contributed by atoms with Crippen molar-refractivity contribution >= 4 is 22.8 Å². The van der Waals surface area contributed by atoms with Crippen LogP contribution in [0.2, 0.25) is 0 Å². The molecule has 1 aliphatic rings. The summed E-state index contributed by atoms with van der Waals surface area (Å²) in [6.07, 6.45) is 0. The predicted octanol–water partition coefficient (Wildman–Crippen LogP) is 1.10. The molecule has 2 aromatic heterocycles. The summed E-state index contributed by atoms with van der Waals surface area (Å²) in [6, 6.07) is 2.03. The monoisotopic (exact) mass is 277 g/mol. The van der Waals surface area contributed by atoms with Gasteiger partial charge in [0.25, 0.3) is 0 Å². The van der Waals surface area contributed by atoms with E-state index in [1.54, 1.807) is 12.2 Å². The molecule has 7 heteroatoms. The Balaban J connectivity index is 2.08. The lowest BCUT2D eigenvalue weighted by Gasteiger charge is -2.27.